The molecule has 3 aromatic rings. The number of rotatable bonds is 22. The molecule has 0 aromatic heterocycles. The third kappa shape index (κ3) is 20.5. The van der Waals surface area contributed by atoms with E-state index in [9.17, 15) is 52.4 Å². The van der Waals surface area contributed by atoms with Crippen LogP contribution in [-0.4, -0.2) is 193 Å². The van der Waals surface area contributed by atoms with Crippen LogP contribution in [0.25, 0.3) is 0 Å². The number of aliphatic hydroxyl groups excluding tert-OH is 1. The number of carbonyl (C=O) groups excluding carboxylic acids is 7. The molecule has 9 aliphatic rings. The van der Waals surface area contributed by atoms with Crippen molar-refractivity contribution >= 4 is 99.3 Å². The lowest BCUT2D eigenvalue weighted by molar-refractivity contribution is -0.168. The maximum atomic E-state index is 16.0. The van der Waals surface area contributed by atoms with Crippen LogP contribution in [-0.2, 0) is 121 Å². The number of aliphatic hydroxyl groups is 1. The molecule has 0 saturated carbocycles. The van der Waals surface area contributed by atoms with Gasteiger partial charge in [-0.3, -0.25) is 89.0 Å². The van der Waals surface area contributed by atoms with Gasteiger partial charge in [-0.25, -0.2) is 26.9 Å². The number of ether oxygens (including phenoxy) is 7. The van der Waals surface area contributed by atoms with E-state index in [1.165, 1.54) is 19.2 Å². The molecule has 6 saturated heterocycles. The fourth-order valence-corrected chi connectivity index (χ4v) is 17.3. The van der Waals surface area contributed by atoms with Gasteiger partial charge in [0.1, 0.15) is 43.4 Å². The first kappa shape index (κ1) is 84.5. The summed E-state index contributed by atoms with van der Waals surface area (Å²) in [5, 5.41) is 10.8. The number of amides is 3. The van der Waals surface area contributed by atoms with Crippen molar-refractivity contribution in [1.29, 1.82) is 0 Å². The molecule has 39 heteroatoms. The van der Waals surface area contributed by atoms with Gasteiger partial charge < -0.3 is 38.3 Å². The van der Waals surface area contributed by atoms with E-state index >= 15 is 13.2 Å². The molecule has 3 aromatic carbocycles. The van der Waals surface area contributed by atoms with Gasteiger partial charge in [0.25, 0.3) is 0 Å². The van der Waals surface area contributed by atoms with Gasteiger partial charge in [-0.2, -0.15) is 0 Å². The Hall–Kier alpha value is -5.52. The number of ketones is 3. The Morgan fingerprint density at radius 2 is 0.840 bits per heavy atom. The van der Waals surface area contributed by atoms with Crippen LogP contribution in [0.3, 0.4) is 0 Å². The lowest BCUT2D eigenvalue weighted by Gasteiger charge is -2.33. The second-order valence-corrected chi connectivity index (χ2v) is 31.5. The Balaban J connectivity index is 0.000000183. The highest BCUT2D eigenvalue weighted by Crippen LogP contribution is 2.60. The highest BCUT2D eigenvalue weighted by molar-refractivity contribution is 7.49. The summed E-state index contributed by atoms with van der Waals surface area (Å²) in [5.41, 5.74) is -4.69. The van der Waals surface area contributed by atoms with Gasteiger partial charge in [0.15, 0.2) is 59.8 Å². The van der Waals surface area contributed by atoms with Gasteiger partial charge in [0.2, 0.25) is 17.7 Å². The molecule has 3 amide bonds. The number of allylic oxidation sites excluding steroid dienone is 3. The fraction of sp³-hybridized carbons (Fsp3) is 0.537. The largest absolute Gasteiger partial charge is 0.475 e. The molecular weight excluding hydrogens is 1540 g/mol. The van der Waals surface area contributed by atoms with Crippen LogP contribution in [0.1, 0.15) is 116 Å². The predicted molar refractivity (Wildman–Crippen MR) is 365 cm³/mol. The van der Waals surface area contributed by atoms with Crippen molar-refractivity contribution in [3.63, 3.8) is 0 Å². The van der Waals surface area contributed by atoms with E-state index < -0.39 is 189 Å². The summed E-state index contributed by atoms with van der Waals surface area (Å²) in [6.45, 7) is 4.02. The van der Waals surface area contributed by atoms with Crippen molar-refractivity contribution in [2.45, 2.75) is 171 Å². The molecule has 106 heavy (non-hydrogen) atoms. The highest BCUT2D eigenvalue weighted by Gasteiger charge is 2.62. The van der Waals surface area contributed by atoms with E-state index in [0.29, 0.717) is 45.5 Å². The van der Waals surface area contributed by atoms with Crippen molar-refractivity contribution in [1.82, 2.24) is 14.7 Å². The quantitative estimate of drug-likeness (QED) is 0.0422. The number of carbonyl (C=O) groups is 7. The molecule has 0 bridgehead atoms. The zero-order valence-corrected chi connectivity index (χ0v) is 61.9. The first-order chi connectivity index (χ1) is 49.7. The zero-order chi connectivity index (χ0) is 75.8. The second kappa shape index (κ2) is 36.1. The Kier molecular flexibility index (Phi) is 28.8. The van der Waals surface area contributed by atoms with Crippen molar-refractivity contribution in [2.24, 2.45) is 0 Å². The van der Waals surface area contributed by atoms with Crippen molar-refractivity contribution in [3.05, 3.63) is 141 Å². The SMILES string of the molecule is C.CC(=O)OCO[C@@H]1[C@@H](CO[P@@]2(=O)OCC[C@@H](c3cccc(Cl)c3)O2)O[C@@H](N2C=CC(=O)CC2=O)[C@]1(C)F.CCO[C@@H]1[C@@H](CO[P@@]2(=O)OCC[C@@H](c3cccc(Cl)c3)O2)O[C@@H](N2C=CC(=O)CC2=O)[C@]1(C)F.C[C@@]1(F)[C@H](OCO)[C@@H](CO[P@@]2(=O)OCC[C@@H](c3cccc(Cl)c3)O2)O[C@H]1N1C=CC(=O)CC1=O. The van der Waals surface area contributed by atoms with Crippen LogP contribution in [0.2, 0.25) is 15.1 Å². The first-order valence-electron chi connectivity index (χ1n) is 32.9. The molecule has 0 aliphatic carbocycles. The minimum absolute atomic E-state index is 0. The number of benzene rings is 3. The topological polar surface area (TPSA) is 348 Å². The molecule has 9 heterocycles. The van der Waals surface area contributed by atoms with E-state index in [-0.39, 0.29) is 52.7 Å². The van der Waals surface area contributed by atoms with E-state index in [2.05, 4.69) is 0 Å². The normalized spacial score (nSPS) is 35.2. The number of halogens is 6. The smallest absolute Gasteiger partial charge is 0.439 e. The molecule has 582 valence electrons. The average Bonchev–Trinajstić information content (AvgIpc) is 1.62. The second-order valence-electron chi connectivity index (χ2n) is 25.3. The van der Waals surface area contributed by atoms with E-state index in [1.54, 1.807) is 79.7 Å². The summed E-state index contributed by atoms with van der Waals surface area (Å²) in [6.07, 6.45) is -6.54. The number of hydrogen-bond donors (Lipinski definition) is 1. The number of phosphoric acid groups is 3. The molecule has 0 unspecified atom stereocenters. The van der Waals surface area contributed by atoms with Gasteiger partial charge in [0.05, 0.1) is 77.2 Å². The molecular formula is C67H80Cl3F3N3O27P3. The van der Waals surface area contributed by atoms with Gasteiger partial charge in [0, 0.05) is 66.5 Å². The highest BCUT2D eigenvalue weighted by atomic mass is 35.5. The third-order valence-corrected chi connectivity index (χ3v) is 22.7. The summed E-state index contributed by atoms with van der Waals surface area (Å²) in [4.78, 5) is 85.7. The summed E-state index contributed by atoms with van der Waals surface area (Å²) in [7, 11) is -12.2. The molecule has 6 fully saturated rings. The maximum Gasteiger partial charge on any atom is 0.475 e. The van der Waals surface area contributed by atoms with Crippen molar-refractivity contribution in [2.75, 3.05) is 59.8 Å². The Morgan fingerprint density at radius 1 is 0.528 bits per heavy atom. The predicted octanol–water partition coefficient (Wildman–Crippen LogP) is 11.4. The monoisotopic (exact) mass is 1610 g/mol. The van der Waals surface area contributed by atoms with Crippen molar-refractivity contribution in [3.8, 4) is 0 Å². The number of alkyl halides is 3. The van der Waals surface area contributed by atoms with Crippen LogP contribution < -0.4 is 0 Å². The minimum Gasteiger partial charge on any atom is -0.439 e. The standard InChI is InChI=1S/C23H26ClFNO10P.C22H26ClFNO8P.C21H24ClFNO9P.CH4/c1-14(27)31-13-32-21-19(35-22(23(21,2)25)26-8-6-17(28)11-20(26)29)12-34-37(30)33-9-7-18(36-37)15-4-3-5-16(24)10-15;1-3-29-20-18(32-21(22(20,2)24)25-9-7-16(26)12-19(25)27)13-31-34(28)30-10-8-17(33-34)14-5-4-6-15(23)11-14;1-21(23)19(29-12-25)17(32-20(21)24-7-5-15(26)10-18(24)27)11-31-34(28)30-8-6-16(33-34)13-3-2-4-14(22)9-13;/h3-6,8,10,18-19,21-22H,7,9,11-13H2,1-2H3;4-7,9,11,17-18,20-21H,3,8,10,12-13H2,1-2H3;2-5,7,9,16-17,19-20,25H,6,8,10-12H2,1H3;1H4/t18-,19+,21+,22+,23+,37+;17-,18+,20+,21+,22+,34+;16-,17+,19+,20+,21+,34+;/m000./s1. The first-order valence-corrected chi connectivity index (χ1v) is 38.4. The summed E-state index contributed by atoms with van der Waals surface area (Å²) in [6, 6.07) is 20.7. The van der Waals surface area contributed by atoms with Gasteiger partial charge in [-0.15, -0.1) is 0 Å². The van der Waals surface area contributed by atoms with Gasteiger partial charge in [-0.05, 0) is 99.0 Å². The zero-order valence-electron chi connectivity index (χ0n) is 56.9. The summed E-state index contributed by atoms with van der Waals surface area (Å²) in [5.74, 6) is -3.78. The lowest BCUT2D eigenvalue weighted by Crippen LogP contribution is -2.52. The molecule has 1 N–H and O–H groups in total. The van der Waals surface area contributed by atoms with Crippen LogP contribution in [0.15, 0.2) is 110 Å². The third-order valence-electron chi connectivity index (χ3n) is 17.5. The Labute approximate surface area is 622 Å². The van der Waals surface area contributed by atoms with Crippen LogP contribution in [0, 0.1) is 0 Å². The van der Waals surface area contributed by atoms with E-state index in [0.717, 1.165) is 65.6 Å². The van der Waals surface area contributed by atoms with Crippen LogP contribution in [0.5, 0.6) is 0 Å². The summed E-state index contributed by atoms with van der Waals surface area (Å²) >= 11 is 18.1. The van der Waals surface area contributed by atoms with Crippen LogP contribution >= 0.6 is 58.3 Å². The minimum atomic E-state index is -4.11. The number of esters is 1. The van der Waals surface area contributed by atoms with Crippen molar-refractivity contribution < 1.29 is 139 Å². The molecule has 0 spiro atoms. The maximum absolute atomic E-state index is 16.0. The molecule has 0 radical (unpaired) electrons. The average molecular weight is 1620 g/mol. The summed E-state index contributed by atoms with van der Waals surface area (Å²) < 4.78 is 175. The van der Waals surface area contributed by atoms with E-state index in [1.807, 2.05) is 0 Å². The van der Waals surface area contributed by atoms with Gasteiger partial charge in [-0.1, -0.05) is 78.6 Å². The molecule has 30 nitrogen and oxygen atoms in total. The molecule has 18 atom stereocenters. The Morgan fingerprint density at radius 3 is 1.12 bits per heavy atom. The van der Waals surface area contributed by atoms with Gasteiger partial charge >= 0.3 is 29.4 Å². The number of hydrogen-bond acceptors (Lipinski definition) is 27. The molecule has 9 aliphatic heterocycles. The fourth-order valence-electron chi connectivity index (χ4n) is 12.6. The lowest BCUT2D eigenvalue weighted by atomic mass is 9.97. The Bertz CT molecular complexity index is 3790. The van der Waals surface area contributed by atoms with E-state index in [4.69, 9.17) is 109 Å². The number of phosphoric ester groups is 3. The van der Waals surface area contributed by atoms with Crippen LogP contribution in [0.4, 0.5) is 13.2 Å². The molecule has 12 rings (SSSR count). The number of nitrogens with zero attached hydrogens (tertiary/aromatic N) is 3.